The molecule has 0 aliphatic carbocycles. The maximum atomic E-state index is 10.5. The molecule has 5 heteroatoms. The van der Waals surface area contributed by atoms with Gasteiger partial charge < -0.3 is 16.2 Å². The van der Waals surface area contributed by atoms with E-state index in [-0.39, 0.29) is 0 Å². The first-order chi connectivity index (χ1) is 5.22. The maximum absolute atomic E-state index is 10.5. The maximum Gasteiger partial charge on any atom is 0.320 e. The second-order valence-electron chi connectivity index (χ2n) is 2.15. The van der Waals surface area contributed by atoms with E-state index in [9.17, 15) is 4.79 Å². The molecule has 0 aromatic rings. The Morgan fingerprint density at radius 1 is 1.73 bits per heavy atom. The van der Waals surface area contributed by atoms with Crippen LogP contribution < -0.4 is 11.1 Å². The minimum Gasteiger partial charge on any atom is -0.480 e. The fourth-order valence-electron chi connectivity index (χ4n) is 0.700. The van der Waals surface area contributed by atoms with Gasteiger partial charge >= 0.3 is 5.97 Å². The summed E-state index contributed by atoms with van der Waals surface area (Å²) >= 11 is 3.94. The summed E-state index contributed by atoms with van der Waals surface area (Å²) in [5.41, 5.74) is 5.20. The van der Waals surface area contributed by atoms with E-state index < -0.39 is 12.0 Å². The molecule has 0 aromatic carbocycles. The number of nitrogens with two attached hydrogens (primary N) is 1. The van der Waals surface area contributed by atoms with Crippen LogP contribution in [-0.4, -0.2) is 36.0 Å². The fraction of sp³-hybridized carbons (Fsp3) is 0.833. The lowest BCUT2D eigenvalue weighted by Gasteiger charge is -2.11. The fourth-order valence-corrected chi connectivity index (χ4v) is 0.958. The van der Waals surface area contributed by atoms with Crippen LogP contribution >= 0.6 is 12.6 Å². The van der Waals surface area contributed by atoms with Crippen LogP contribution in [-0.2, 0) is 4.79 Å². The van der Waals surface area contributed by atoms with Gasteiger partial charge in [0.25, 0.3) is 0 Å². The Morgan fingerprint density at radius 3 is 2.73 bits per heavy atom. The number of thiol groups is 1. The SMILES string of the molecule is NCCN[C@@H](CCS)C(=O)O. The molecule has 4 nitrogen and oxygen atoms in total. The highest BCUT2D eigenvalue weighted by atomic mass is 32.1. The van der Waals surface area contributed by atoms with Gasteiger partial charge in [-0.3, -0.25) is 4.79 Å². The van der Waals surface area contributed by atoms with Gasteiger partial charge in [0, 0.05) is 13.1 Å². The Morgan fingerprint density at radius 2 is 2.36 bits per heavy atom. The minimum absolute atomic E-state index is 0.455. The van der Waals surface area contributed by atoms with E-state index in [1.807, 2.05) is 0 Å². The number of rotatable bonds is 6. The van der Waals surface area contributed by atoms with Gasteiger partial charge in [-0.2, -0.15) is 12.6 Å². The topological polar surface area (TPSA) is 75.3 Å². The van der Waals surface area contributed by atoms with E-state index in [1.54, 1.807) is 0 Å². The Balaban J connectivity index is 3.60. The van der Waals surface area contributed by atoms with Crippen molar-refractivity contribution in [2.24, 2.45) is 5.73 Å². The molecule has 0 unspecified atom stereocenters. The number of carboxylic acids is 1. The summed E-state index contributed by atoms with van der Waals surface area (Å²) in [6.45, 7) is 0.987. The molecule has 0 heterocycles. The van der Waals surface area contributed by atoms with E-state index >= 15 is 0 Å². The zero-order valence-electron chi connectivity index (χ0n) is 6.29. The van der Waals surface area contributed by atoms with E-state index in [2.05, 4.69) is 17.9 Å². The average Bonchev–Trinajstić information content (AvgIpc) is 1.97. The normalized spacial score (nSPS) is 12.9. The zero-order valence-corrected chi connectivity index (χ0v) is 7.18. The van der Waals surface area contributed by atoms with Crippen LogP contribution in [0.25, 0.3) is 0 Å². The molecule has 0 aromatic heterocycles. The van der Waals surface area contributed by atoms with E-state index in [0.29, 0.717) is 25.3 Å². The van der Waals surface area contributed by atoms with Gasteiger partial charge in [0.1, 0.15) is 6.04 Å². The Labute approximate surface area is 71.6 Å². The lowest BCUT2D eigenvalue weighted by molar-refractivity contribution is -0.139. The molecule has 0 radical (unpaired) electrons. The molecule has 0 aliphatic rings. The first-order valence-electron chi connectivity index (χ1n) is 3.49. The second-order valence-corrected chi connectivity index (χ2v) is 2.59. The van der Waals surface area contributed by atoms with E-state index in [1.165, 1.54) is 0 Å². The summed E-state index contributed by atoms with van der Waals surface area (Å²) < 4.78 is 0. The van der Waals surface area contributed by atoms with Gasteiger partial charge in [0.2, 0.25) is 0 Å². The summed E-state index contributed by atoms with van der Waals surface area (Å²) in [4.78, 5) is 10.5. The lowest BCUT2D eigenvalue weighted by atomic mass is 10.2. The molecule has 0 fully saturated rings. The van der Waals surface area contributed by atoms with E-state index in [4.69, 9.17) is 10.8 Å². The molecular weight excluding hydrogens is 164 g/mol. The van der Waals surface area contributed by atoms with Gasteiger partial charge in [0.05, 0.1) is 0 Å². The summed E-state index contributed by atoms with van der Waals surface area (Å²) in [7, 11) is 0. The highest BCUT2D eigenvalue weighted by molar-refractivity contribution is 7.80. The van der Waals surface area contributed by atoms with Crippen molar-refractivity contribution in [1.29, 1.82) is 0 Å². The van der Waals surface area contributed by atoms with Crippen LogP contribution in [0.5, 0.6) is 0 Å². The first-order valence-corrected chi connectivity index (χ1v) is 4.12. The van der Waals surface area contributed by atoms with E-state index in [0.717, 1.165) is 0 Å². The first kappa shape index (κ1) is 10.7. The molecule has 0 bridgehead atoms. The van der Waals surface area contributed by atoms with Crippen molar-refractivity contribution >= 4 is 18.6 Å². The number of carboxylic acid groups (broad SMARTS) is 1. The van der Waals surface area contributed by atoms with Crippen molar-refractivity contribution in [2.45, 2.75) is 12.5 Å². The summed E-state index contributed by atoms with van der Waals surface area (Å²) in [6, 6.07) is -0.504. The second kappa shape index (κ2) is 6.45. The van der Waals surface area contributed by atoms with Gasteiger partial charge in [-0.25, -0.2) is 0 Å². The number of hydrogen-bond donors (Lipinski definition) is 4. The number of hydrogen-bond acceptors (Lipinski definition) is 4. The molecular formula is C6H14N2O2S. The molecule has 0 saturated heterocycles. The lowest BCUT2D eigenvalue weighted by Crippen LogP contribution is -2.39. The molecule has 66 valence electrons. The van der Waals surface area contributed by atoms with Crippen molar-refractivity contribution in [3.05, 3.63) is 0 Å². The van der Waals surface area contributed by atoms with Crippen molar-refractivity contribution in [1.82, 2.24) is 5.32 Å². The Kier molecular flexibility index (Phi) is 6.30. The molecule has 0 aliphatic heterocycles. The number of carbonyl (C=O) groups is 1. The standard InChI is InChI=1S/C6H14N2O2S/c7-2-3-8-5(1-4-11)6(9)10/h5,8,11H,1-4,7H2,(H,9,10)/t5-/m0/s1. The number of aliphatic carboxylic acids is 1. The largest absolute Gasteiger partial charge is 0.480 e. The molecule has 0 spiro atoms. The van der Waals surface area contributed by atoms with Crippen LogP contribution in [0, 0.1) is 0 Å². The molecule has 1 atom stereocenters. The third-order valence-electron chi connectivity index (χ3n) is 1.25. The van der Waals surface area contributed by atoms with Crippen LogP contribution in [0.2, 0.25) is 0 Å². The van der Waals surface area contributed by atoms with Gasteiger partial charge in [-0.15, -0.1) is 0 Å². The van der Waals surface area contributed by atoms with Crippen LogP contribution in [0.15, 0.2) is 0 Å². The summed E-state index contributed by atoms with van der Waals surface area (Å²) in [5, 5.41) is 11.4. The summed E-state index contributed by atoms with van der Waals surface area (Å²) in [5.74, 6) is -0.276. The van der Waals surface area contributed by atoms with Crippen LogP contribution in [0.4, 0.5) is 0 Å². The quantitative estimate of drug-likeness (QED) is 0.406. The van der Waals surface area contributed by atoms with Crippen LogP contribution in [0.3, 0.4) is 0 Å². The molecule has 4 N–H and O–H groups in total. The molecule has 0 saturated carbocycles. The highest BCUT2D eigenvalue weighted by Crippen LogP contribution is 1.93. The van der Waals surface area contributed by atoms with Crippen molar-refractivity contribution < 1.29 is 9.90 Å². The zero-order chi connectivity index (χ0) is 8.69. The number of nitrogens with one attached hydrogen (secondary N) is 1. The van der Waals surface area contributed by atoms with Gasteiger partial charge in [0.15, 0.2) is 0 Å². The average molecular weight is 178 g/mol. The predicted molar refractivity (Wildman–Crippen MR) is 47.0 cm³/mol. The van der Waals surface area contributed by atoms with Gasteiger partial charge in [-0.05, 0) is 12.2 Å². The molecule has 0 rings (SSSR count). The van der Waals surface area contributed by atoms with Crippen LogP contribution in [0.1, 0.15) is 6.42 Å². The monoisotopic (exact) mass is 178 g/mol. The van der Waals surface area contributed by atoms with Gasteiger partial charge in [-0.1, -0.05) is 0 Å². The van der Waals surface area contributed by atoms with Crippen molar-refractivity contribution in [3.63, 3.8) is 0 Å². The third kappa shape index (κ3) is 5.06. The smallest absolute Gasteiger partial charge is 0.320 e. The van der Waals surface area contributed by atoms with Crippen molar-refractivity contribution in [2.75, 3.05) is 18.8 Å². The minimum atomic E-state index is -0.840. The highest BCUT2D eigenvalue weighted by Gasteiger charge is 2.13. The molecule has 0 amide bonds. The predicted octanol–water partition coefficient (Wildman–Crippen LogP) is -0.692. The van der Waals surface area contributed by atoms with Crippen molar-refractivity contribution in [3.8, 4) is 0 Å². The Hall–Kier alpha value is -0.260. The summed E-state index contributed by atoms with van der Waals surface area (Å²) in [6.07, 6.45) is 0.526. The molecule has 11 heavy (non-hydrogen) atoms. The third-order valence-corrected chi connectivity index (χ3v) is 1.51. The Bertz CT molecular complexity index is 121.